The van der Waals surface area contributed by atoms with Gasteiger partial charge in [0.05, 0.1) is 11.0 Å². The minimum atomic E-state index is -2.89. The Hall–Kier alpha value is -0.130. The molecule has 15 heavy (non-hydrogen) atoms. The minimum absolute atomic E-state index is 0.222. The zero-order valence-electron chi connectivity index (χ0n) is 9.95. The number of ether oxygens (including phenoxy) is 1. The van der Waals surface area contributed by atoms with Crippen molar-refractivity contribution in [2.45, 2.75) is 32.4 Å². The molecule has 0 saturated carbocycles. The van der Waals surface area contributed by atoms with E-state index in [2.05, 4.69) is 5.32 Å². The first-order chi connectivity index (χ1) is 7.00. The van der Waals surface area contributed by atoms with Crippen molar-refractivity contribution in [2.75, 3.05) is 32.1 Å². The van der Waals surface area contributed by atoms with Gasteiger partial charge in [-0.05, 0) is 33.7 Å². The smallest absolute Gasteiger partial charge is 0.153 e. The molecule has 0 fully saturated rings. The van der Waals surface area contributed by atoms with Crippen LogP contribution in [0.1, 0.15) is 27.2 Å². The van der Waals surface area contributed by atoms with Crippen LogP contribution in [0.15, 0.2) is 0 Å². The number of hydrogen-bond donors (Lipinski definition) is 1. The van der Waals surface area contributed by atoms with Gasteiger partial charge < -0.3 is 10.1 Å². The van der Waals surface area contributed by atoms with Crippen molar-refractivity contribution < 1.29 is 13.2 Å². The van der Waals surface area contributed by atoms with Crippen molar-refractivity contribution in [3.05, 3.63) is 0 Å². The molecule has 4 nitrogen and oxygen atoms in total. The van der Waals surface area contributed by atoms with E-state index in [1.165, 1.54) is 0 Å². The summed E-state index contributed by atoms with van der Waals surface area (Å²) in [5.74, 6) is 0.222. The van der Waals surface area contributed by atoms with Crippen LogP contribution in [0.4, 0.5) is 0 Å². The summed E-state index contributed by atoms with van der Waals surface area (Å²) in [6.45, 7) is 8.21. The Morgan fingerprint density at radius 2 is 1.93 bits per heavy atom. The Kier molecular flexibility index (Phi) is 8.00. The molecule has 0 bridgehead atoms. The van der Waals surface area contributed by atoms with Crippen molar-refractivity contribution in [1.29, 1.82) is 0 Å². The lowest BCUT2D eigenvalue weighted by Crippen LogP contribution is -2.28. The first kappa shape index (κ1) is 14.9. The number of rotatable bonds is 9. The monoisotopic (exact) mass is 237 g/mol. The Morgan fingerprint density at radius 1 is 1.27 bits per heavy atom. The molecule has 0 aromatic carbocycles. The lowest BCUT2D eigenvalue weighted by Gasteiger charge is -2.08. The molecule has 0 aliphatic rings. The largest absolute Gasteiger partial charge is 0.382 e. The van der Waals surface area contributed by atoms with E-state index in [0.717, 1.165) is 26.2 Å². The highest BCUT2D eigenvalue weighted by atomic mass is 32.2. The van der Waals surface area contributed by atoms with Crippen LogP contribution < -0.4 is 5.32 Å². The van der Waals surface area contributed by atoms with Gasteiger partial charge in [-0.2, -0.15) is 0 Å². The van der Waals surface area contributed by atoms with E-state index in [4.69, 9.17) is 4.74 Å². The lowest BCUT2D eigenvalue weighted by molar-refractivity contribution is 0.145. The molecule has 1 N–H and O–H groups in total. The molecule has 0 aliphatic heterocycles. The predicted molar refractivity (Wildman–Crippen MR) is 62.9 cm³/mol. The Balaban J connectivity index is 3.39. The second-order valence-electron chi connectivity index (χ2n) is 3.72. The van der Waals surface area contributed by atoms with E-state index >= 15 is 0 Å². The molecule has 5 heteroatoms. The fourth-order valence-electron chi connectivity index (χ4n) is 1.02. The molecule has 0 aromatic rings. The van der Waals surface area contributed by atoms with Crippen LogP contribution in [0.2, 0.25) is 0 Å². The zero-order chi connectivity index (χ0) is 11.7. The van der Waals surface area contributed by atoms with E-state index in [0.29, 0.717) is 6.54 Å². The third-order valence-corrected chi connectivity index (χ3v) is 4.34. The maximum atomic E-state index is 11.4. The van der Waals surface area contributed by atoms with Crippen LogP contribution in [0.5, 0.6) is 0 Å². The molecule has 0 atom stereocenters. The van der Waals surface area contributed by atoms with Crippen LogP contribution in [0.3, 0.4) is 0 Å². The van der Waals surface area contributed by atoms with Gasteiger partial charge in [0, 0.05) is 19.8 Å². The highest BCUT2D eigenvalue weighted by Crippen LogP contribution is 1.98. The maximum Gasteiger partial charge on any atom is 0.153 e. The Morgan fingerprint density at radius 3 is 2.47 bits per heavy atom. The fraction of sp³-hybridized carbons (Fsp3) is 1.00. The first-order valence-corrected chi connectivity index (χ1v) is 7.22. The summed E-state index contributed by atoms with van der Waals surface area (Å²) < 4.78 is 28.0. The number of sulfone groups is 1. The Bertz CT molecular complexity index is 237. The van der Waals surface area contributed by atoms with Crippen LogP contribution in [0.25, 0.3) is 0 Å². The normalized spacial score (nSPS) is 12.3. The molecule has 0 amide bonds. The maximum absolute atomic E-state index is 11.4. The topological polar surface area (TPSA) is 55.4 Å². The predicted octanol–water partition coefficient (Wildman–Crippen LogP) is 0.826. The van der Waals surface area contributed by atoms with Gasteiger partial charge in [-0.25, -0.2) is 8.42 Å². The highest BCUT2D eigenvalue weighted by Gasteiger charge is 2.14. The van der Waals surface area contributed by atoms with Crippen LogP contribution in [0, 0.1) is 0 Å². The van der Waals surface area contributed by atoms with Crippen LogP contribution in [-0.4, -0.2) is 45.7 Å². The number of nitrogens with one attached hydrogen (secondary N) is 1. The van der Waals surface area contributed by atoms with Gasteiger partial charge in [-0.1, -0.05) is 0 Å². The standard InChI is InChI=1S/C10H23NO3S/c1-4-14-8-5-6-11-7-9-15(12,13)10(2)3/h10-11H,4-9H2,1-3H3. The van der Waals surface area contributed by atoms with Gasteiger partial charge in [0.2, 0.25) is 0 Å². The molecule has 0 radical (unpaired) electrons. The summed E-state index contributed by atoms with van der Waals surface area (Å²) >= 11 is 0. The van der Waals surface area contributed by atoms with E-state index in [1.54, 1.807) is 13.8 Å². The molecular formula is C10H23NO3S. The molecule has 0 spiro atoms. The molecule has 0 unspecified atom stereocenters. The van der Waals surface area contributed by atoms with Crippen molar-refractivity contribution in [1.82, 2.24) is 5.32 Å². The van der Waals surface area contributed by atoms with E-state index in [1.807, 2.05) is 6.92 Å². The summed E-state index contributed by atoms with van der Waals surface area (Å²) in [6.07, 6.45) is 0.926. The van der Waals surface area contributed by atoms with E-state index in [9.17, 15) is 8.42 Å². The van der Waals surface area contributed by atoms with Gasteiger partial charge in [-0.3, -0.25) is 0 Å². The molecular weight excluding hydrogens is 214 g/mol. The quantitative estimate of drug-likeness (QED) is 0.603. The van der Waals surface area contributed by atoms with Gasteiger partial charge in [0.1, 0.15) is 0 Å². The van der Waals surface area contributed by atoms with Gasteiger partial charge in [-0.15, -0.1) is 0 Å². The van der Waals surface area contributed by atoms with E-state index in [-0.39, 0.29) is 11.0 Å². The fourth-order valence-corrected chi connectivity index (χ4v) is 1.92. The summed E-state index contributed by atoms with van der Waals surface area (Å²) in [5.41, 5.74) is 0. The highest BCUT2D eigenvalue weighted by molar-refractivity contribution is 7.92. The second-order valence-corrected chi connectivity index (χ2v) is 6.39. The summed E-state index contributed by atoms with van der Waals surface area (Å²) in [5, 5.41) is 2.82. The molecule has 92 valence electrons. The first-order valence-electron chi connectivity index (χ1n) is 5.50. The SMILES string of the molecule is CCOCCCNCCS(=O)(=O)C(C)C. The second kappa shape index (κ2) is 8.07. The molecule has 0 heterocycles. The summed E-state index contributed by atoms with van der Waals surface area (Å²) in [4.78, 5) is 0. The molecule has 0 rings (SSSR count). The Labute approximate surface area is 93.3 Å². The van der Waals surface area contributed by atoms with Crippen LogP contribution in [-0.2, 0) is 14.6 Å². The summed E-state index contributed by atoms with van der Waals surface area (Å²) in [7, 11) is -2.89. The zero-order valence-corrected chi connectivity index (χ0v) is 10.8. The van der Waals surface area contributed by atoms with Crippen molar-refractivity contribution in [3.63, 3.8) is 0 Å². The molecule has 0 aliphatic carbocycles. The van der Waals surface area contributed by atoms with Gasteiger partial charge in [0.25, 0.3) is 0 Å². The summed E-state index contributed by atoms with van der Waals surface area (Å²) in [6, 6.07) is 0. The van der Waals surface area contributed by atoms with Gasteiger partial charge in [0.15, 0.2) is 9.84 Å². The van der Waals surface area contributed by atoms with Gasteiger partial charge >= 0.3 is 0 Å². The van der Waals surface area contributed by atoms with E-state index < -0.39 is 9.84 Å². The average molecular weight is 237 g/mol. The van der Waals surface area contributed by atoms with Crippen LogP contribution >= 0.6 is 0 Å². The number of hydrogen-bond acceptors (Lipinski definition) is 4. The third-order valence-electron chi connectivity index (χ3n) is 2.13. The minimum Gasteiger partial charge on any atom is -0.382 e. The van der Waals surface area contributed by atoms with Crippen molar-refractivity contribution >= 4 is 9.84 Å². The molecule has 0 aromatic heterocycles. The average Bonchev–Trinajstić information content (AvgIpc) is 2.16. The third kappa shape index (κ3) is 7.76. The molecule has 0 saturated heterocycles. The lowest BCUT2D eigenvalue weighted by atomic mass is 10.4. The van der Waals surface area contributed by atoms with Crippen molar-refractivity contribution in [3.8, 4) is 0 Å². The van der Waals surface area contributed by atoms with Crippen molar-refractivity contribution in [2.24, 2.45) is 0 Å².